The van der Waals surface area contributed by atoms with Gasteiger partial charge in [0.05, 0.1) is 12.2 Å². The molecule has 0 spiro atoms. The number of carbonyl (C=O) groups is 1. The molecule has 2 rings (SSSR count). The molecule has 6 heteroatoms. The number of nitrogens with one attached hydrogen (secondary N) is 1. The van der Waals surface area contributed by atoms with Gasteiger partial charge in [0.15, 0.2) is 0 Å². The average Bonchev–Trinajstić information content (AvgIpc) is 2.83. The fourth-order valence-corrected chi connectivity index (χ4v) is 2.38. The third-order valence-corrected chi connectivity index (χ3v) is 3.66. The summed E-state index contributed by atoms with van der Waals surface area (Å²) >= 11 is 1.10. The molecule has 0 aliphatic carbocycles. The predicted octanol–water partition coefficient (Wildman–Crippen LogP) is 2.27. The van der Waals surface area contributed by atoms with Crippen molar-refractivity contribution in [3.63, 3.8) is 0 Å². The number of nitrogens with zero attached hydrogens (tertiary/aromatic N) is 2. The van der Waals surface area contributed by atoms with Gasteiger partial charge in [0.1, 0.15) is 17.2 Å². The lowest BCUT2D eigenvalue weighted by Crippen LogP contribution is -2.28. The van der Waals surface area contributed by atoms with Gasteiger partial charge in [-0.05, 0) is 43.9 Å². The molecule has 0 saturated heterocycles. The van der Waals surface area contributed by atoms with E-state index < -0.39 is 0 Å². The van der Waals surface area contributed by atoms with Crippen LogP contribution in [0, 0.1) is 20.8 Å². The van der Waals surface area contributed by atoms with E-state index in [0.29, 0.717) is 23.7 Å². The molecule has 1 heterocycles. The first-order valence-corrected chi connectivity index (χ1v) is 7.12. The summed E-state index contributed by atoms with van der Waals surface area (Å²) in [5.41, 5.74) is 2.96. The number of amides is 1. The maximum Gasteiger partial charge on any atom is 0.265 e. The molecule has 0 aliphatic heterocycles. The normalized spacial score (nSPS) is 10.3. The highest BCUT2D eigenvalue weighted by Gasteiger charge is 2.12. The van der Waals surface area contributed by atoms with Crippen molar-refractivity contribution in [1.29, 1.82) is 0 Å². The molecule has 20 heavy (non-hydrogen) atoms. The van der Waals surface area contributed by atoms with Crippen molar-refractivity contribution >= 4 is 17.4 Å². The van der Waals surface area contributed by atoms with Crippen LogP contribution in [0.25, 0.3) is 0 Å². The number of aryl methyl sites for hydroxylation is 3. The number of benzene rings is 1. The van der Waals surface area contributed by atoms with Gasteiger partial charge in [0.2, 0.25) is 0 Å². The zero-order valence-corrected chi connectivity index (χ0v) is 12.6. The number of hydrogen-bond donors (Lipinski definition) is 1. The zero-order valence-electron chi connectivity index (χ0n) is 11.8. The van der Waals surface area contributed by atoms with E-state index in [1.54, 1.807) is 6.92 Å². The van der Waals surface area contributed by atoms with E-state index >= 15 is 0 Å². The van der Waals surface area contributed by atoms with Crippen molar-refractivity contribution in [2.45, 2.75) is 20.8 Å². The van der Waals surface area contributed by atoms with Gasteiger partial charge < -0.3 is 10.1 Å². The van der Waals surface area contributed by atoms with Crippen molar-refractivity contribution in [2.75, 3.05) is 13.2 Å². The minimum Gasteiger partial charge on any atom is -0.491 e. The third-order valence-electron chi connectivity index (χ3n) is 2.83. The van der Waals surface area contributed by atoms with Crippen LogP contribution in [0.15, 0.2) is 18.2 Å². The van der Waals surface area contributed by atoms with E-state index in [0.717, 1.165) is 22.8 Å². The van der Waals surface area contributed by atoms with Crippen LogP contribution in [0.5, 0.6) is 5.75 Å². The standard InChI is InChI=1S/C14H17N3O2S/c1-9-4-5-12(10(2)8-9)19-7-6-15-14(18)13-11(3)16-17-20-13/h4-5,8H,6-7H2,1-3H3,(H,15,18). The summed E-state index contributed by atoms with van der Waals surface area (Å²) < 4.78 is 9.39. The van der Waals surface area contributed by atoms with Gasteiger partial charge in [0, 0.05) is 0 Å². The monoisotopic (exact) mass is 291 g/mol. The Bertz CT molecular complexity index is 610. The summed E-state index contributed by atoms with van der Waals surface area (Å²) in [6, 6.07) is 6.03. The molecule has 0 unspecified atom stereocenters. The van der Waals surface area contributed by atoms with Gasteiger partial charge in [-0.2, -0.15) is 0 Å². The van der Waals surface area contributed by atoms with Crippen molar-refractivity contribution in [3.8, 4) is 5.75 Å². The molecule has 0 bridgehead atoms. The Hall–Kier alpha value is -1.95. The first kappa shape index (κ1) is 14.5. The highest BCUT2D eigenvalue weighted by molar-refractivity contribution is 7.07. The summed E-state index contributed by atoms with van der Waals surface area (Å²) in [5.74, 6) is 0.696. The average molecular weight is 291 g/mol. The van der Waals surface area contributed by atoms with Crippen LogP contribution >= 0.6 is 11.5 Å². The van der Waals surface area contributed by atoms with Crippen molar-refractivity contribution in [2.24, 2.45) is 0 Å². The van der Waals surface area contributed by atoms with E-state index in [4.69, 9.17) is 4.74 Å². The van der Waals surface area contributed by atoms with E-state index in [9.17, 15) is 4.79 Å². The van der Waals surface area contributed by atoms with Crippen molar-refractivity contribution in [1.82, 2.24) is 14.9 Å². The second kappa shape index (κ2) is 6.47. The predicted molar refractivity (Wildman–Crippen MR) is 78.4 cm³/mol. The van der Waals surface area contributed by atoms with Crippen LogP contribution in [0.1, 0.15) is 26.5 Å². The molecule has 0 radical (unpaired) electrons. The fourth-order valence-electron chi connectivity index (χ4n) is 1.81. The molecular weight excluding hydrogens is 274 g/mol. The van der Waals surface area contributed by atoms with E-state index in [2.05, 4.69) is 21.0 Å². The maximum atomic E-state index is 11.8. The van der Waals surface area contributed by atoms with Gasteiger partial charge in [-0.25, -0.2) is 0 Å². The Balaban J connectivity index is 1.79. The lowest BCUT2D eigenvalue weighted by atomic mass is 10.1. The minimum absolute atomic E-state index is 0.151. The Morgan fingerprint density at radius 2 is 2.15 bits per heavy atom. The molecule has 2 aromatic rings. The SMILES string of the molecule is Cc1ccc(OCCNC(=O)c2snnc2C)c(C)c1. The molecule has 1 N–H and O–H groups in total. The third kappa shape index (κ3) is 3.54. The molecule has 0 saturated carbocycles. The molecule has 1 aromatic carbocycles. The summed E-state index contributed by atoms with van der Waals surface area (Å²) in [6.07, 6.45) is 0. The van der Waals surface area contributed by atoms with Crippen LogP contribution in [0.2, 0.25) is 0 Å². The zero-order chi connectivity index (χ0) is 14.5. The number of aromatic nitrogens is 2. The topological polar surface area (TPSA) is 64.1 Å². The molecule has 1 amide bonds. The van der Waals surface area contributed by atoms with Gasteiger partial charge in [-0.15, -0.1) is 5.10 Å². The second-order valence-electron chi connectivity index (χ2n) is 4.56. The highest BCUT2D eigenvalue weighted by Crippen LogP contribution is 2.18. The van der Waals surface area contributed by atoms with Gasteiger partial charge in [-0.3, -0.25) is 4.79 Å². The second-order valence-corrected chi connectivity index (χ2v) is 5.31. The highest BCUT2D eigenvalue weighted by atomic mass is 32.1. The first-order chi connectivity index (χ1) is 9.58. The molecule has 5 nitrogen and oxygen atoms in total. The summed E-state index contributed by atoms with van der Waals surface area (Å²) in [6.45, 7) is 6.70. The number of carbonyl (C=O) groups excluding carboxylic acids is 1. The largest absolute Gasteiger partial charge is 0.491 e. The minimum atomic E-state index is -0.151. The fraction of sp³-hybridized carbons (Fsp3) is 0.357. The lowest BCUT2D eigenvalue weighted by molar-refractivity contribution is 0.0950. The Morgan fingerprint density at radius 1 is 1.35 bits per heavy atom. The summed E-state index contributed by atoms with van der Waals surface area (Å²) in [7, 11) is 0. The Kier molecular flexibility index (Phi) is 4.68. The first-order valence-electron chi connectivity index (χ1n) is 6.35. The lowest BCUT2D eigenvalue weighted by Gasteiger charge is -2.10. The molecule has 1 aromatic heterocycles. The van der Waals surface area contributed by atoms with Crippen LogP contribution in [0.3, 0.4) is 0 Å². The van der Waals surface area contributed by atoms with Crippen LogP contribution < -0.4 is 10.1 Å². The molecule has 106 valence electrons. The van der Waals surface area contributed by atoms with Crippen LogP contribution in [0.4, 0.5) is 0 Å². The molecule has 0 atom stereocenters. The number of rotatable bonds is 5. The van der Waals surface area contributed by atoms with Crippen molar-refractivity contribution < 1.29 is 9.53 Å². The Morgan fingerprint density at radius 3 is 2.80 bits per heavy atom. The smallest absolute Gasteiger partial charge is 0.265 e. The van der Waals surface area contributed by atoms with Gasteiger partial charge >= 0.3 is 0 Å². The Labute approximate surface area is 122 Å². The molecule has 0 fully saturated rings. The van der Waals surface area contributed by atoms with Gasteiger partial charge in [0.25, 0.3) is 5.91 Å². The summed E-state index contributed by atoms with van der Waals surface area (Å²) in [5, 5.41) is 6.60. The number of hydrogen-bond acceptors (Lipinski definition) is 5. The quantitative estimate of drug-likeness (QED) is 0.858. The van der Waals surface area contributed by atoms with Crippen LogP contribution in [-0.4, -0.2) is 28.6 Å². The van der Waals surface area contributed by atoms with Crippen molar-refractivity contribution in [3.05, 3.63) is 39.9 Å². The van der Waals surface area contributed by atoms with E-state index in [1.807, 2.05) is 26.0 Å². The molecular formula is C14H17N3O2S. The maximum absolute atomic E-state index is 11.8. The van der Waals surface area contributed by atoms with E-state index in [-0.39, 0.29) is 5.91 Å². The number of ether oxygens (including phenoxy) is 1. The van der Waals surface area contributed by atoms with E-state index in [1.165, 1.54) is 5.56 Å². The van der Waals surface area contributed by atoms with Gasteiger partial charge in [-0.1, -0.05) is 22.2 Å². The van der Waals surface area contributed by atoms with Crippen LogP contribution in [-0.2, 0) is 0 Å². The molecule has 0 aliphatic rings. The summed E-state index contributed by atoms with van der Waals surface area (Å²) in [4.78, 5) is 12.4.